The van der Waals surface area contributed by atoms with Gasteiger partial charge in [-0.25, -0.2) is 0 Å². The Kier molecular flexibility index (Phi) is 2.69. The molecule has 1 fully saturated rings. The first kappa shape index (κ1) is 10.7. The highest BCUT2D eigenvalue weighted by Gasteiger charge is 2.52. The van der Waals surface area contributed by atoms with E-state index in [0.29, 0.717) is 0 Å². The van der Waals surface area contributed by atoms with Crippen LogP contribution in [-0.4, -0.2) is 23.7 Å². The molecule has 2 rings (SSSR count). The molecule has 0 spiro atoms. The molecule has 0 aromatic carbocycles. The summed E-state index contributed by atoms with van der Waals surface area (Å²) in [6.07, 6.45) is 9.51. The number of carbonyl (C=O) groups excluding carboxylic acids is 1. The van der Waals surface area contributed by atoms with Crippen molar-refractivity contribution in [3.05, 3.63) is 12.2 Å². The second-order valence-electron chi connectivity index (χ2n) is 4.15. The van der Waals surface area contributed by atoms with E-state index in [1.165, 1.54) is 0 Å². The molecule has 0 amide bonds. The Hall–Kier alpha value is -1.76. The highest BCUT2D eigenvalue weighted by molar-refractivity contribution is 5.83. The summed E-state index contributed by atoms with van der Waals surface area (Å²) in [5.74, 6) is -0.474. The van der Waals surface area contributed by atoms with Gasteiger partial charge in [0.2, 0.25) is 0 Å². The van der Waals surface area contributed by atoms with E-state index in [-0.39, 0.29) is 18.4 Å². The van der Waals surface area contributed by atoms with Gasteiger partial charge in [0.05, 0.1) is 11.8 Å². The molecule has 0 heterocycles. The second kappa shape index (κ2) is 4.01. The van der Waals surface area contributed by atoms with Crippen molar-refractivity contribution in [2.45, 2.75) is 6.42 Å². The van der Waals surface area contributed by atoms with Gasteiger partial charge < -0.3 is 9.84 Å². The molecule has 0 aliphatic heterocycles. The maximum absolute atomic E-state index is 11.7. The van der Waals surface area contributed by atoms with Crippen LogP contribution in [0.3, 0.4) is 0 Å². The number of carboxylic acid groups (broad SMARTS) is 1. The van der Waals surface area contributed by atoms with Gasteiger partial charge >= 0.3 is 11.9 Å². The number of esters is 1. The average Bonchev–Trinajstić information content (AvgIpc) is 2.84. The minimum Gasteiger partial charge on any atom is -0.481 e. The van der Waals surface area contributed by atoms with E-state index in [0.717, 1.165) is 6.42 Å². The molecule has 0 radical (unpaired) electrons. The van der Waals surface area contributed by atoms with Gasteiger partial charge in [-0.1, -0.05) is 18.1 Å². The SMILES string of the molecule is C#CCOC(=O)[C@H]1[C@H](C(=O)O)[C@@H]2C=C[C@H]1C2. The topological polar surface area (TPSA) is 63.6 Å². The summed E-state index contributed by atoms with van der Waals surface area (Å²) in [5, 5.41) is 9.10. The van der Waals surface area contributed by atoms with Crippen LogP contribution < -0.4 is 0 Å². The quantitative estimate of drug-likeness (QED) is 0.431. The van der Waals surface area contributed by atoms with Gasteiger partial charge in [0.15, 0.2) is 6.61 Å². The zero-order valence-electron chi connectivity index (χ0n) is 8.63. The van der Waals surface area contributed by atoms with Crippen LogP contribution in [0.1, 0.15) is 6.42 Å². The Labute approximate surface area is 93.3 Å². The van der Waals surface area contributed by atoms with Crippen molar-refractivity contribution in [3.8, 4) is 12.3 Å². The van der Waals surface area contributed by atoms with Crippen LogP contribution in [0.4, 0.5) is 0 Å². The number of aliphatic carboxylic acids is 1. The first-order valence-corrected chi connectivity index (χ1v) is 5.16. The predicted molar refractivity (Wildman–Crippen MR) is 55.1 cm³/mol. The molecule has 1 N–H and O–H groups in total. The number of hydrogen-bond acceptors (Lipinski definition) is 3. The molecule has 2 bridgehead atoms. The van der Waals surface area contributed by atoms with Crippen molar-refractivity contribution >= 4 is 11.9 Å². The standard InChI is InChI=1S/C12H12O4/c1-2-5-16-12(15)10-8-4-3-7(6-8)9(10)11(13)14/h1,3-4,7-10H,5-6H2,(H,13,14)/t7-,8+,9-,10-/m1/s1. The molecule has 2 aliphatic carbocycles. The number of carbonyl (C=O) groups is 2. The Balaban J connectivity index is 2.14. The maximum atomic E-state index is 11.7. The first-order chi connectivity index (χ1) is 7.65. The van der Waals surface area contributed by atoms with Gasteiger partial charge in [-0.2, -0.15) is 0 Å². The summed E-state index contributed by atoms with van der Waals surface area (Å²) < 4.78 is 4.84. The number of carboxylic acids is 1. The number of ether oxygens (including phenoxy) is 1. The summed E-state index contributed by atoms with van der Waals surface area (Å²) in [5.41, 5.74) is 0. The molecule has 0 aromatic heterocycles. The first-order valence-electron chi connectivity index (χ1n) is 5.16. The third kappa shape index (κ3) is 1.58. The Morgan fingerprint density at radius 2 is 2.00 bits per heavy atom. The van der Waals surface area contributed by atoms with Crippen molar-refractivity contribution < 1.29 is 19.4 Å². The summed E-state index contributed by atoms with van der Waals surface area (Å²) in [6, 6.07) is 0. The van der Waals surface area contributed by atoms with Crippen molar-refractivity contribution in [2.75, 3.05) is 6.61 Å². The van der Waals surface area contributed by atoms with Crippen molar-refractivity contribution in [3.63, 3.8) is 0 Å². The third-order valence-electron chi connectivity index (χ3n) is 3.31. The Morgan fingerprint density at radius 3 is 2.56 bits per heavy atom. The lowest BCUT2D eigenvalue weighted by atomic mass is 9.83. The normalized spacial score (nSPS) is 34.7. The van der Waals surface area contributed by atoms with Crippen LogP contribution in [-0.2, 0) is 14.3 Å². The maximum Gasteiger partial charge on any atom is 0.311 e. The van der Waals surface area contributed by atoms with Crippen molar-refractivity contribution in [1.29, 1.82) is 0 Å². The van der Waals surface area contributed by atoms with E-state index in [1.54, 1.807) is 0 Å². The van der Waals surface area contributed by atoms with Gasteiger partial charge in [-0.05, 0) is 18.3 Å². The fraction of sp³-hybridized carbons (Fsp3) is 0.500. The van der Waals surface area contributed by atoms with Gasteiger partial charge in [0, 0.05) is 0 Å². The van der Waals surface area contributed by atoms with E-state index in [1.807, 2.05) is 12.2 Å². The lowest BCUT2D eigenvalue weighted by molar-refractivity contribution is -0.157. The highest BCUT2D eigenvalue weighted by Crippen LogP contribution is 2.48. The zero-order valence-corrected chi connectivity index (χ0v) is 8.63. The summed E-state index contributed by atoms with van der Waals surface area (Å²) >= 11 is 0. The van der Waals surface area contributed by atoms with Gasteiger partial charge in [-0.3, -0.25) is 9.59 Å². The van der Waals surface area contributed by atoms with E-state index in [2.05, 4.69) is 5.92 Å². The number of terminal acetylenes is 1. The molecular weight excluding hydrogens is 208 g/mol. The zero-order chi connectivity index (χ0) is 11.7. The largest absolute Gasteiger partial charge is 0.481 e. The molecule has 2 aliphatic rings. The minimum atomic E-state index is -0.931. The fourth-order valence-corrected chi connectivity index (χ4v) is 2.69. The monoisotopic (exact) mass is 220 g/mol. The van der Waals surface area contributed by atoms with E-state index < -0.39 is 23.8 Å². The molecule has 1 saturated carbocycles. The van der Waals surface area contributed by atoms with Gasteiger partial charge in [-0.15, -0.1) is 6.42 Å². The van der Waals surface area contributed by atoms with Crippen LogP contribution >= 0.6 is 0 Å². The smallest absolute Gasteiger partial charge is 0.311 e. The van der Waals surface area contributed by atoms with Crippen molar-refractivity contribution in [1.82, 2.24) is 0 Å². The van der Waals surface area contributed by atoms with Crippen LogP contribution in [0.25, 0.3) is 0 Å². The lowest BCUT2D eigenvalue weighted by Gasteiger charge is -2.22. The number of rotatable bonds is 3. The molecular formula is C12H12O4. The molecule has 16 heavy (non-hydrogen) atoms. The van der Waals surface area contributed by atoms with Gasteiger partial charge in [0.25, 0.3) is 0 Å². The predicted octanol–water partition coefficient (Wildman–Crippen LogP) is 0.686. The number of fused-ring (bicyclic) bond motifs is 2. The number of allylic oxidation sites excluding steroid dienone is 2. The van der Waals surface area contributed by atoms with E-state index in [4.69, 9.17) is 16.3 Å². The molecule has 84 valence electrons. The molecule has 0 unspecified atom stereocenters. The van der Waals surface area contributed by atoms with E-state index >= 15 is 0 Å². The number of hydrogen-bond donors (Lipinski definition) is 1. The molecule has 0 saturated heterocycles. The lowest BCUT2D eigenvalue weighted by Crippen LogP contribution is -2.34. The van der Waals surface area contributed by atoms with Crippen LogP contribution in [0.5, 0.6) is 0 Å². The second-order valence-corrected chi connectivity index (χ2v) is 4.15. The van der Waals surface area contributed by atoms with Crippen LogP contribution in [0, 0.1) is 36.0 Å². The summed E-state index contributed by atoms with van der Waals surface area (Å²) in [6.45, 7) is -0.0945. The Morgan fingerprint density at radius 1 is 1.38 bits per heavy atom. The molecule has 4 atom stereocenters. The van der Waals surface area contributed by atoms with Crippen molar-refractivity contribution in [2.24, 2.45) is 23.7 Å². The summed E-state index contributed by atoms with van der Waals surface area (Å²) in [7, 11) is 0. The summed E-state index contributed by atoms with van der Waals surface area (Å²) in [4.78, 5) is 22.8. The van der Waals surface area contributed by atoms with Crippen LogP contribution in [0.2, 0.25) is 0 Å². The third-order valence-corrected chi connectivity index (χ3v) is 3.31. The minimum absolute atomic E-state index is 0.00336. The van der Waals surface area contributed by atoms with Crippen LogP contribution in [0.15, 0.2) is 12.2 Å². The fourth-order valence-electron chi connectivity index (χ4n) is 2.69. The van der Waals surface area contributed by atoms with E-state index in [9.17, 15) is 9.59 Å². The molecule has 0 aromatic rings. The van der Waals surface area contributed by atoms with Gasteiger partial charge in [0.1, 0.15) is 0 Å². The molecule has 4 heteroatoms. The highest BCUT2D eigenvalue weighted by atomic mass is 16.5. The average molecular weight is 220 g/mol. The molecule has 4 nitrogen and oxygen atoms in total. The Bertz CT molecular complexity index is 390.